The van der Waals surface area contributed by atoms with Gasteiger partial charge in [0.25, 0.3) is 0 Å². The first kappa shape index (κ1) is 24.2. The quantitative estimate of drug-likeness (QED) is 0.522. The van der Waals surface area contributed by atoms with E-state index in [1.54, 1.807) is 18.2 Å². The number of hydrogen-bond donors (Lipinski definition) is 1. The summed E-state index contributed by atoms with van der Waals surface area (Å²) in [6.45, 7) is 1.47. The molecule has 0 aromatic heterocycles. The van der Waals surface area contributed by atoms with Crippen LogP contribution in [0.3, 0.4) is 0 Å². The Morgan fingerprint density at radius 1 is 0.968 bits per heavy atom. The minimum Gasteiger partial charge on any atom is -0.492 e. The molecule has 0 atom stereocenters. The van der Waals surface area contributed by atoms with Crippen LogP contribution in [-0.2, 0) is 30.5 Å². The van der Waals surface area contributed by atoms with E-state index in [0.29, 0.717) is 37.6 Å². The van der Waals surface area contributed by atoms with Crippen molar-refractivity contribution < 1.29 is 26.3 Å². The van der Waals surface area contributed by atoms with Gasteiger partial charge in [0.1, 0.15) is 12.4 Å². The molecule has 1 aliphatic rings. The van der Waals surface area contributed by atoms with E-state index >= 15 is 0 Å². The van der Waals surface area contributed by atoms with Crippen molar-refractivity contribution in [3.05, 3.63) is 58.1 Å². The van der Waals surface area contributed by atoms with E-state index in [4.69, 9.17) is 32.7 Å². The van der Waals surface area contributed by atoms with Crippen LogP contribution in [0.4, 0.5) is 0 Å². The van der Waals surface area contributed by atoms with Gasteiger partial charge < -0.3 is 9.47 Å². The highest BCUT2D eigenvalue weighted by molar-refractivity contribution is 7.89. The number of halogens is 2. The molecule has 1 heterocycles. The second-order valence-corrected chi connectivity index (χ2v) is 11.2. The number of nitrogens with zero attached hydrogens (tertiary/aromatic N) is 1. The average Bonchev–Trinajstić information content (AvgIpc) is 2.75. The Bertz CT molecular complexity index is 1080. The highest BCUT2D eigenvalue weighted by atomic mass is 35.5. The highest BCUT2D eigenvalue weighted by Crippen LogP contribution is 2.26. The van der Waals surface area contributed by atoms with E-state index < -0.39 is 20.0 Å². The van der Waals surface area contributed by atoms with E-state index in [1.165, 1.54) is 28.6 Å². The molecule has 170 valence electrons. The first-order chi connectivity index (χ1) is 14.7. The zero-order valence-corrected chi connectivity index (χ0v) is 19.6. The molecule has 1 fully saturated rings. The van der Waals surface area contributed by atoms with Gasteiger partial charge in [0.15, 0.2) is 0 Å². The summed E-state index contributed by atoms with van der Waals surface area (Å²) in [6, 6.07) is 10.8. The molecule has 0 bridgehead atoms. The van der Waals surface area contributed by atoms with E-state index in [1.807, 2.05) is 0 Å². The number of hydrogen-bond acceptors (Lipinski definition) is 6. The molecule has 0 aliphatic carbocycles. The number of sulfonamides is 2. The lowest BCUT2D eigenvalue weighted by Crippen LogP contribution is -2.40. The Morgan fingerprint density at radius 3 is 2.19 bits per heavy atom. The molecule has 31 heavy (non-hydrogen) atoms. The molecule has 1 N–H and O–H groups in total. The first-order valence-corrected chi connectivity index (χ1v) is 13.2. The van der Waals surface area contributed by atoms with Crippen molar-refractivity contribution >= 4 is 43.2 Å². The van der Waals surface area contributed by atoms with Crippen molar-refractivity contribution in [2.45, 2.75) is 10.6 Å². The van der Waals surface area contributed by atoms with E-state index in [-0.39, 0.29) is 33.8 Å². The Balaban J connectivity index is 1.50. The normalized spacial score (nSPS) is 15.7. The second kappa shape index (κ2) is 10.5. The van der Waals surface area contributed by atoms with Crippen LogP contribution >= 0.6 is 23.2 Å². The molecule has 12 heteroatoms. The lowest BCUT2D eigenvalue weighted by Gasteiger charge is -2.26. The predicted octanol–water partition coefficient (Wildman–Crippen LogP) is 2.51. The summed E-state index contributed by atoms with van der Waals surface area (Å²) in [4.78, 5) is 0.166. The fourth-order valence-electron chi connectivity index (χ4n) is 2.92. The molecular weight excluding hydrogens is 487 g/mol. The summed E-state index contributed by atoms with van der Waals surface area (Å²) in [6.07, 6.45) is 0. The third kappa shape index (κ3) is 6.55. The van der Waals surface area contributed by atoms with Crippen molar-refractivity contribution in [3.63, 3.8) is 0 Å². The fourth-order valence-corrected chi connectivity index (χ4v) is 6.21. The maximum atomic E-state index is 12.6. The van der Waals surface area contributed by atoms with Crippen molar-refractivity contribution in [2.75, 3.05) is 39.5 Å². The SMILES string of the molecule is O=S(=O)(Cc1c(Cl)cccc1Cl)NCCOc1ccc(S(=O)(=O)N2CCOCC2)cc1. The third-order valence-electron chi connectivity index (χ3n) is 4.52. The van der Waals surface area contributed by atoms with Crippen LogP contribution in [-0.4, -0.2) is 60.6 Å². The smallest absolute Gasteiger partial charge is 0.243 e. The van der Waals surface area contributed by atoms with Crippen LogP contribution in [0.5, 0.6) is 5.75 Å². The first-order valence-electron chi connectivity index (χ1n) is 9.40. The minimum atomic E-state index is -3.67. The average molecular weight is 509 g/mol. The molecule has 0 spiro atoms. The second-order valence-electron chi connectivity index (χ2n) is 6.69. The topological polar surface area (TPSA) is 102 Å². The summed E-state index contributed by atoms with van der Waals surface area (Å²) in [7, 11) is -7.24. The largest absolute Gasteiger partial charge is 0.492 e. The molecule has 1 aliphatic heterocycles. The molecule has 2 aromatic rings. The Kier molecular flexibility index (Phi) is 8.19. The summed E-state index contributed by atoms with van der Waals surface area (Å²) in [5, 5.41) is 0.558. The molecule has 0 saturated carbocycles. The molecule has 0 radical (unpaired) electrons. The standard InChI is InChI=1S/C19H22Cl2N2O6S2/c20-18-2-1-3-19(21)17(18)14-30(24,25)22-8-11-29-15-4-6-16(7-5-15)31(26,27)23-9-12-28-13-10-23/h1-7,22H,8-14H2. The number of nitrogens with one attached hydrogen (secondary N) is 1. The Labute approximate surface area is 192 Å². The van der Waals surface area contributed by atoms with Crippen molar-refractivity contribution in [1.29, 1.82) is 0 Å². The molecule has 8 nitrogen and oxygen atoms in total. The molecular formula is C19H22Cl2N2O6S2. The Hall–Kier alpha value is -1.40. The maximum absolute atomic E-state index is 12.6. The summed E-state index contributed by atoms with van der Waals surface area (Å²) >= 11 is 12.0. The summed E-state index contributed by atoms with van der Waals surface area (Å²) < 4.78 is 64.2. The van der Waals surface area contributed by atoms with E-state index in [2.05, 4.69) is 4.72 Å². The highest BCUT2D eigenvalue weighted by Gasteiger charge is 2.26. The number of morpholine rings is 1. The molecule has 1 saturated heterocycles. The lowest BCUT2D eigenvalue weighted by molar-refractivity contribution is 0.0730. The van der Waals surface area contributed by atoms with Crippen molar-refractivity contribution in [3.8, 4) is 5.75 Å². The monoisotopic (exact) mass is 508 g/mol. The summed E-state index contributed by atoms with van der Waals surface area (Å²) in [5.74, 6) is 0.0776. The number of ether oxygens (including phenoxy) is 2. The van der Waals surface area contributed by atoms with Crippen LogP contribution in [0, 0.1) is 0 Å². The zero-order valence-electron chi connectivity index (χ0n) is 16.5. The van der Waals surface area contributed by atoms with Crippen LogP contribution in [0.15, 0.2) is 47.4 Å². The van der Waals surface area contributed by atoms with Gasteiger partial charge in [-0.15, -0.1) is 0 Å². The fraction of sp³-hybridized carbons (Fsp3) is 0.368. The van der Waals surface area contributed by atoms with Gasteiger partial charge in [0.2, 0.25) is 20.0 Å². The number of benzene rings is 2. The lowest BCUT2D eigenvalue weighted by atomic mass is 10.2. The predicted molar refractivity (Wildman–Crippen MR) is 119 cm³/mol. The van der Waals surface area contributed by atoms with E-state index in [9.17, 15) is 16.8 Å². The van der Waals surface area contributed by atoms with Crippen LogP contribution in [0.1, 0.15) is 5.56 Å². The van der Waals surface area contributed by atoms with Gasteiger partial charge in [0, 0.05) is 35.2 Å². The molecule has 0 unspecified atom stereocenters. The number of rotatable bonds is 9. The van der Waals surface area contributed by atoms with Crippen molar-refractivity contribution in [1.82, 2.24) is 9.03 Å². The molecule has 3 rings (SSSR count). The summed E-state index contributed by atoms with van der Waals surface area (Å²) in [5.41, 5.74) is 0.330. The van der Waals surface area contributed by atoms with Gasteiger partial charge in [-0.05, 0) is 36.4 Å². The van der Waals surface area contributed by atoms with Gasteiger partial charge in [-0.2, -0.15) is 4.31 Å². The van der Waals surface area contributed by atoms with Crippen molar-refractivity contribution in [2.24, 2.45) is 0 Å². The van der Waals surface area contributed by atoms with Crippen LogP contribution in [0.2, 0.25) is 10.0 Å². The van der Waals surface area contributed by atoms with Gasteiger partial charge in [-0.3, -0.25) is 0 Å². The third-order valence-corrected chi connectivity index (χ3v) is 8.45. The van der Waals surface area contributed by atoms with Gasteiger partial charge >= 0.3 is 0 Å². The van der Waals surface area contributed by atoms with Gasteiger partial charge in [-0.1, -0.05) is 29.3 Å². The Morgan fingerprint density at radius 2 is 1.58 bits per heavy atom. The maximum Gasteiger partial charge on any atom is 0.243 e. The minimum absolute atomic E-state index is 0.0260. The molecule has 0 amide bonds. The van der Waals surface area contributed by atoms with Crippen LogP contribution in [0.25, 0.3) is 0 Å². The zero-order chi connectivity index (χ0) is 22.5. The van der Waals surface area contributed by atoms with Gasteiger partial charge in [0.05, 0.1) is 23.9 Å². The van der Waals surface area contributed by atoms with Crippen LogP contribution < -0.4 is 9.46 Å². The van der Waals surface area contributed by atoms with Gasteiger partial charge in [-0.25, -0.2) is 21.6 Å². The molecule has 2 aromatic carbocycles. The van der Waals surface area contributed by atoms with E-state index in [0.717, 1.165) is 0 Å².